The lowest BCUT2D eigenvalue weighted by molar-refractivity contribution is -0.194. The Kier molecular flexibility index (Phi) is 8.18. The molecule has 1 saturated carbocycles. The molecule has 3 rings (SSSR count). The third kappa shape index (κ3) is 5.42. The number of amides is 1. The zero-order valence-corrected chi connectivity index (χ0v) is 20.6. The molecule has 0 aromatic heterocycles. The van der Waals surface area contributed by atoms with E-state index < -0.39 is 5.79 Å². The van der Waals surface area contributed by atoms with Gasteiger partial charge in [0.1, 0.15) is 0 Å². The molecular weight excluding hydrogens is 500 g/mol. The molecule has 1 aromatic carbocycles. The summed E-state index contributed by atoms with van der Waals surface area (Å²) in [5, 5.41) is 3.23. The summed E-state index contributed by atoms with van der Waals surface area (Å²) in [4.78, 5) is 15.5. The first-order valence-electron chi connectivity index (χ1n) is 10.7. The smallest absolute Gasteiger partial charge is 0.251 e. The lowest BCUT2D eigenvalue weighted by Gasteiger charge is -2.50. The van der Waals surface area contributed by atoms with Crippen LogP contribution < -0.4 is 5.32 Å². The standard InChI is InChI=1S/C22H32Br2N2O3/c1-3-11-26(12-4-2)21(7-9-22(10-8-21)28-13-14-29-22)16-25-20(27)17-5-6-18(23)19(24)15-17/h5-6,15H,3-4,7-14,16H2,1-2H3,(H,25,27). The van der Waals surface area contributed by atoms with E-state index in [1.54, 1.807) is 0 Å². The van der Waals surface area contributed by atoms with E-state index >= 15 is 0 Å². The monoisotopic (exact) mass is 530 g/mol. The summed E-state index contributed by atoms with van der Waals surface area (Å²) >= 11 is 6.95. The van der Waals surface area contributed by atoms with Crippen LogP contribution in [0.15, 0.2) is 27.1 Å². The number of carbonyl (C=O) groups is 1. The third-order valence-corrected chi connectivity index (χ3v) is 8.05. The molecule has 1 aliphatic heterocycles. The summed E-state index contributed by atoms with van der Waals surface area (Å²) < 4.78 is 13.7. The number of carbonyl (C=O) groups excluding carboxylic acids is 1. The summed E-state index contributed by atoms with van der Waals surface area (Å²) in [5.41, 5.74) is 0.622. The Bertz CT molecular complexity index is 691. The van der Waals surface area contributed by atoms with E-state index in [9.17, 15) is 4.79 Å². The number of benzene rings is 1. The van der Waals surface area contributed by atoms with Crippen molar-refractivity contribution >= 4 is 37.8 Å². The summed E-state index contributed by atoms with van der Waals surface area (Å²) in [6, 6.07) is 5.61. The summed E-state index contributed by atoms with van der Waals surface area (Å²) in [7, 11) is 0. The fraction of sp³-hybridized carbons (Fsp3) is 0.682. The molecule has 1 aliphatic carbocycles. The van der Waals surface area contributed by atoms with Crippen molar-refractivity contribution < 1.29 is 14.3 Å². The van der Waals surface area contributed by atoms with E-state index in [0.717, 1.165) is 60.6 Å². The zero-order chi connectivity index (χ0) is 20.9. The van der Waals surface area contributed by atoms with Gasteiger partial charge in [-0.05, 0) is 88.8 Å². The predicted molar refractivity (Wildman–Crippen MR) is 122 cm³/mol. The average Bonchev–Trinajstić information content (AvgIpc) is 3.18. The molecule has 1 saturated heterocycles. The van der Waals surface area contributed by atoms with Crippen molar-refractivity contribution in [3.63, 3.8) is 0 Å². The van der Waals surface area contributed by atoms with E-state index in [2.05, 4.69) is 55.9 Å². The van der Waals surface area contributed by atoms with Crippen molar-refractivity contribution in [3.05, 3.63) is 32.7 Å². The van der Waals surface area contributed by atoms with Gasteiger partial charge in [0.25, 0.3) is 5.91 Å². The lowest BCUT2D eigenvalue weighted by atomic mass is 9.76. The number of hydrogen-bond donors (Lipinski definition) is 1. The molecule has 2 fully saturated rings. The third-order valence-electron chi connectivity index (χ3n) is 6.17. The van der Waals surface area contributed by atoms with Crippen LogP contribution in [0.2, 0.25) is 0 Å². The quantitative estimate of drug-likeness (QED) is 0.506. The van der Waals surface area contributed by atoms with Crippen LogP contribution in [0.5, 0.6) is 0 Å². The first kappa shape index (κ1) is 23.2. The van der Waals surface area contributed by atoms with Crippen LogP contribution in [0, 0.1) is 0 Å². The van der Waals surface area contributed by atoms with Gasteiger partial charge in [0.05, 0.1) is 13.2 Å². The van der Waals surface area contributed by atoms with Gasteiger partial charge in [-0.15, -0.1) is 0 Å². The summed E-state index contributed by atoms with van der Waals surface area (Å²) in [6.45, 7) is 8.56. The van der Waals surface area contributed by atoms with Crippen LogP contribution in [-0.2, 0) is 9.47 Å². The Labute approximate surface area is 191 Å². The first-order chi connectivity index (χ1) is 13.9. The summed E-state index contributed by atoms with van der Waals surface area (Å²) in [6.07, 6.45) is 5.92. The molecule has 1 heterocycles. The molecule has 0 atom stereocenters. The molecule has 1 amide bonds. The topological polar surface area (TPSA) is 50.8 Å². The maximum atomic E-state index is 12.9. The van der Waals surface area contributed by atoms with E-state index in [-0.39, 0.29) is 11.4 Å². The highest BCUT2D eigenvalue weighted by molar-refractivity contribution is 9.13. The van der Waals surface area contributed by atoms with E-state index in [4.69, 9.17) is 9.47 Å². The maximum absolute atomic E-state index is 12.9. The van der Waals surface area contributed by atoms with E-state index in [1.807, 2.05) is 18.2 Å². The number of ether oxygens (including phenoxy) is 2. The number of halogens is 2. The molecule has 1 N–H and O–H groups in total. The van der Waals surface area contributed by atoms with Gasteiger partial charge in [0.15, 0.2) is 5.79 Å². The second-order valence-corrected chi connectivity index (χ2v) is 9.84. The minimum Gasteiger partial charge on any atom is -0.350 e. The molecule has 1 aromatic rings. The van der Waals surface area contributed by atoms with Crippen LogP contribution in [0.3, 0.4) is 0 Å². The van der Waals surface area contributed by atoms with Gasteiger partial charge in [0.2, 0.25) is 0 Å². The molecule has 7 heteroatoms. The van der Waals surface area contributed by atoms with Gasteiger partial charge in [0, 0.05) is 39.4 Å². The van der Waals surface area contributed by atoms with Crippen molar-refractivity contribution in [1.82, 2.24) is 10.2 Å². The van der Waals surface area contributed by atoms with Crippen molar-refractivity contribution in [1.29, 1.82) is 0 Å². The van der Waals surface area contributed by atoms with Crippen molar-refractivity contribution in [2.45, 2.75) is 63.7 Å². The van der Waals surface area contributed by atoms with Crippen LogP contribution >= 0.6 is 31.9 Å². The van der Waals surface area contributed by atoms with Gasteiger partial charge < -0.3 is 14.8 Å². The Morgan fingerprint density at radius 1 is 1.03 bits per heavy atom. The second kappa shape index (κ2) is 10.2. The van der Waals surface area contributed by atoms with Gasteiger partial charge in [-0.2, -0.15) is 0 Å². The molecular formula is C22H32Br2N2O3. The molecule has 29 heavy (non-hydrogen) atoms. The van der Waals surface area contributed by atoms with Crippen LogP contribution in [0.1, 0.15) is 62.7 Å². The van der Waals surface area contributed by atoms with Gasteiger partial charge in [-0.1, -0.05) is 13.8 Å². The minimum atomic E-state index is -0.395. The van der Waals surface area contributed by atoms with Gasteiger partial charge in [-0.3, -0.25) is 9.69 Å². The minimum absolute atomic E-state index is 0.0285. The highest BCUT2D eigenvalue weighted by atomic mass is 79.9. The highest BCUT2D eigenvalue weighted by Crippen LogP contribution is 2.43. The molecule has 0 radical (unpaired) electrons. The second-order valence-electron chi connectivity index (χ2n) is 8.13. The zero-order valence-electron chi connectivity index (χ0n) is 17.4. The fourth-order valence-electron chi connectivity index (χ4n) is 4.60. The Morgan fingerprint density at radius 3 is 2.21 bits per heavy atom. The van der Waals surface area contributed by atoms with Crippen molar-refractivity contribution in [2.24, 2.45) is 0 Å². The average molecular weight is 532 g/mol. The fourth-order valence-corrected chi connectivity index (χ4v) is 5.22. The molecule has 0 unspecified atom stereocenters. The Morgan fingerprint density at radius 2 is 1.66 bits per heavy atom. The maximum Gasteiger partial charge on any atom is 0.251 e. The van der Waals surface area contributed by atoms with Gasteiger partial charge >= 0.3 is 0 Å². The Balaban J connectivity index is 1.74. The largest absolute Gasteiger partial charge is 0.350 e. The molecule has 162 valence electrons. The molecule has 5 nitrogen and oxygen atoms in total. The number of hydrogen-bond acceptors (Lipinski definition) is 4. The highest BCUT2D eigenvalue weighted by Gasteiger charge is 2.48. The molecule has 2 aliphatic rings. The molecule has 1 spiro atoms. The van der Waals surface area contributed by atoms with Crippen molar-refractivity contribution in [3.8, 4) is 0 Å². The van der Waals surface area contributed by atoms with Crippen LogP contribution in [0.25, 0.3) is 0 Å². The van der Waals surface area contributed by atoms with Crippen molar-refractivity contribution in [2.75, 3.05) is 32.8 Å². The SMILES string of the molecule is CCCN(CCC)C1(CNC(=O)c2ccc(Br)c(Br)c2)CCC2(CC1)OCCO2. The van der Waals surface area contributed by atoms with Crippen LogP contribution in [-0.4, -0.2) is 55.0 Å². The summed E-state index contributed by atoms with van der Waals surface area (Å²) in [5.74, 6) is -0.423. The Hall–Kier alpha value is -0.470. The predicted octanol–water partition coefficient (Wildman–Crippen LogP) is 5.12. The van der Waals surface area contributed by atoms with Gasteiger partial charge in [-0.25, -0.2) is 0 Å². The lowest BCUT2D eigenvalue weighted by Crippen LogP contribution is -2.60. The first-order valence-corrected chi connectivity index (χ1v) is 12.3. The number of rotatable bonds is 8. The van der Waals surface area contributed by atoms with Crippen LogP contribution in [0.4, 0.5) is 0 Å². The number of nitrogens with zero attached hydrogens (tertiary/aromatic N) is 1. The molecule has 0 bridgehead atoms. The normalized spacial score (nSPS) is 20.3. The van der Waals surface area contributed by atoms with E-state index in [1.165, 1.54) is 0 Å². The van der Waals surface area contributed by atoms with E-state index in [0.29, 0.717) is 25.3 Å². The number of nitrogens with one attached hydrogen (secondary N) is 1.